The molecule has 0 saturated carbocycles. The summed E-state index contributed by atoms with van der Waals surface area (Å²) in [6.07, 6.45) is 1.85. The highest BCUT2D eigenvalue weighted by atomic mass is 79.9. The molecule has 4 nitrogen and oxygen atoms in total. The van der Waals surface area contributed by atoms with E-state index in [4.69, 9.17) is 4.42 Å². The Kier molecular flexibility index (Phi) is 3.20. The molecule has 2 aromatic heterocycles. The van der Waals surface area contributed by atoms with E-state index in [1.807, 2.05) is 36.6 Å². The zero-order chi connectivity index (χ0) is 13.4. The standard InChI is InChI=1S/C13H9BrN2O2S/c1-19-13-15-11(17)9-8(7-5-3-2-4-6-7)10(14)18-12(9)16-13/h2-6H,1H3,(H,15,16,17). The fourth-order valence-electron chi connectivity index (χ4n) is 1.92. The zero-order valence-corrected chi connectivity index (χ0v) is 12.3. The summed E-state index contributed by atoms with van der Waals surface area (Å²) in [6, 6.07) is 9.61. The number of aromatic nitrogens is 2. The van der Waals surface area contributed by atoms with Crippen LogP contribution in [0.15, 0.2) is 49.4 Å². The maximum absolute atomic E-state index is 12.2. The van der Waals surface area contributed by atoms with Crippen molar-refractivity contribution in [1.82, 2.24) is 9.97 Å². The second-order valence-electron chi connectivity index (χ2n) is 3.87. The first-order valence-electron chi connectivity index (χ1n) is 5.52. The van der Waals surface area contributed by atoms with Crippen molar-refractivity contribution >= 4 is 38.8 Å². The van der Waals surface area contributed by atoms with E-state index < -0.39 is 0 Å². The predicted octanol–water partition coefficient (Wildman–Crippen LogP) is 3.67. The maximum Gasteiger partial charge on any atom is 0.263 e. The van der Waals surface area contributed by atoms with Crippen LogP contribution in [0.3, 0.4) is 0 Å². The molecule has 19 heavy (non-hydrogen) atoms. The van der Waals surface area contributed by atoms with Gasteiger partial charge in [-0.1, -0.05) is 42.1 Å². The Morgan fingerprint density at radius 3 is 2.74 bits per heavy atom. The predicted molar refractivity (Wildman–Crippen MR) is 79.5 cm³/mol. The summed E-state index contributed by atoms with van der Waals surface area (Å²) in [5.74, 6) is 0. The SMILES string of the molecule is CSc1nc2oc(Br)c(-c3ccccc3)c2c(=O)[nH]1. The molecule has 0 aliphatic heterocycles. The Balaban J connectivity index is 2.38. The minimum absolute atomic E-state index is 0.192. The Hall–Kier alpha value is -1.53. The van der Waals surface area contributed by atoms with E-state index in [1.165, 1.54) is 11.8 Å². The number of hydrogen-bond donors (Lipinski definition) is 1. The summed E-state index contributed by atoms with van der Waals surface area (Å²) in [4.78, 5) is 19.2. The third-order valence-corrected chi connectivity index (χ3v) is 3.89. The minimum atomic E-state index is -0.192. The number of fused-ring (bicyclic) bond motifs is 1. The van der Waals surface area contributed by atoms with E-state index in [2.05, 4.69) is 25.9 Å². The molecular formula is C13H9BrN2O2S. The first-order chi connectivity index (χ1) is 9.20. The van der Waals surface area contributed by atoms with Gasteiger partial charge >= 0.3 is 0 Å². The van der Waals surface area contributed by atoms with Gasteiger partial charge in [0.25, 0.3) is 5.56 Å². The van der Waals surface area contributed by atoms with Gasteiger partial charge < -0.3 is 9.40 Å². The molecule has 96 valence electrons. The van der Waals surface area contributed by atoms with Crippen LogP contribution in [0, 0.1) is 0 Å². The second-order valence-corrected chi connectivity index (χ2v) is 5.39. The van der Waals surface area contributed by atoms with Crippen molar-refractivity contribution in [1.29, 1.82) is 0 Å². The summed E-state index contributed by atoms with van der Waals surface area (Å²) >= 11 is 4.73. The number of H-pyrrole nitrogens is 1. The van der Waals surface area contributed by atoms with Crippen molar-refractivity contribution in [2.24, 2.45) is 0 Å². The number of benzene rings is 1. The van der Waals surface area contributed by atoms with Crippen molar-refractivity contribution in [2.45, 2.75) is 5.16 Å². The highest BCUT2D eigenvalue weighted by Gasteiger charge is 2.18. The fraction of sp³-hybridized carbons (Fsp3) is 0.0769. The molecule has 1 N–H and O–H groups in total. The lowest BCUT2D eigenvalue weighted by molar-refractivity contribution is 0.571. The number of nitrogens with one attached hydrogen (secondary N) is 1. The average molecular weight is 337 g/mol. The van der Waals surface area contributed by atoms with Crippen molar-refractivity contribution < 1.29 is 4.42 Å². The number of furan rings is 1. The van der Waals surface area contributed by atoms with Gasteiger partial charge in [-0.2, -0.15) is 4.98 Å². The van der Waals surface area contributed by atoms with E-state index in [1.54, 1.807) is 0 Å². The van der Waals surface area contributed by atoms with Crippen LogP contribution in [-0.2, 0) is 0 Å². The Bertz CT molecular complexity index is 796. The van der Waals surface area contributed by atoms with Gasteiger partial charge in [0.1, 0.15) is 5.39 Å². The van der Waals surface area contributed by atoms with Crippen molar-refractivity contribution in [3.8, 4) is 11.1 Å². The van der Waals surface area contributed by atoms with E-state index in [-0.39, 0.29) is 5.56 Å². The Morgan fingerprint density at radius 1 is 1.32 bits per heavy atom. The van der Waals surface area contributed by atoms with Crippen LogP contribution >= 0.6 is 27.7 Å². The average Bonchev–Trinajstić information content (AvgIpc) is 2.76. The van der Waals surface area contributed by atoms with Crippen molar-refractivity contribution in [2.75, 3.05) is 6.26 Å². The topological polar surface area (TPSA) is 58.9 Å². The number of aromatic amines is 1. The van der Waals surface area contributed by atoms with Gasteiger partial charge in [0, 0.05) is 0 Å². The molecule has 0 aliphatic rings. The number of rotatable bonds is 2. The highest BCUT2D eigenvalue weighted by molar-refractivity contribution is 9.10. The number of halogens is 1. The Morgan fingerprint density at radius 2 is 2.05 bits per heavy atom. The first kappa shape index (κ1) is 12.5. The molecule has 0 radical (unpaired) electrons. The van der Waals surface area contributed by atoms with Crippen molar-refractivity contribution in [3.63, 3.8) is 0 Å². The third kappa shape index (κ3) is 2.11. The van der Waals surface area contributed by atoms with Crippen LogP contribution < -0.4 is 5.56 Å². The number of thioether (sulfide) groups is 1. The monoisotopic (exact) mass is 336 g/mol. The van der Waals surface area contributed by atoms with Gasteiger partial charge in [-0.15, -0.1) is 0 Å². The molecule has 0 saturated heterocycles. The quantitative estimate of drug-likeness (QED) is 0.573. The Labute approximate surface area is 121 Å². The van der Waals surface area contributed by atoms with Crippen LogP contribution in [-0.4, -0.2) is 16.2 Å². The fourth-order valence-corrected chi connectivity index (χ4v) is 2.87. The summed E-state index contributed by atoms with van der Waals surface area (Å²) in [6.45, 7) is 0. The smallest absolute Gasteiger partial charge is 0.263 e. The summed E-state index contributed by atoms with van der Waals surface area (Å²) in [5, 5.41) is 1.01. The molecule has 0 amide bonds. The molecule has 2 heterocycles. The molecule has 0 bridgehead atoms. The third-order valence-electron chi connectivity index (χ3n) is 2.75. The first-order valence-corrected chi connectivity index (χ1v) is 7.54. The van der Waals surface area contributed by atoms with Gasteiger partial charge in [-0.25, -0.2) is 0 Å². The van der Waals surface area contributed by atoms with Crippen LogP contribution in [0.4, 0.5) is 0 Å². The van der Waals surface area contributed by atoms with Crippen LogP contribution in [0.2, 0.25) is 0 Å². The normalized spacial score (nSPS) is 11.1. The van der Waals surface area contributed by atoms with Crippen LogP contribution in [0.25, 0.3) is 22.2 Å². The van der Waals surface area contributed by atoms with E-state index >= 15 is 0 Å². The van der Waals surface area contributed by atoms with E-state index in [9.17, 15) is 4.79 Å². The lowest BCUT2D eigenvalue weighted by Crippen LogP contribution is -2.08. The second kappa shape index (κ2) is 4.86. The summed E-state index contributed by atoms with van der Waals surface area (Å²) < 4.78 is 6.07. The van der Waals surface area contributed by atoms with Gasteiger partial charge in [-0.05, 0) is 27.7 Å². The summed E-state index contributed by atoms with van der Waals surface area (Å²) in [5.41, 5.74) is 1.80. The maximum atomic E-state index is 12.2. The lowest BCUT2D eigenvalue weighted by Gasteiger charge is -1.98. The largest absolute Gasteiger partial charge is 0.430 e. The molecule has 0 atom stereocenters. The van der Waals surface area contributed by atoms with Crippen molar-refractivity contribution in [3.05, 3.63) is 45.4 Å². The van der Waals surface area contributed by atoms with Gasteiger partial charge in [0.15, 0.2) is 9.83 Å². The van der Waals surface area contributed by atoms with Gasteiger partial charge in [0.2, 0.25) is 5.71 Å². The molecule has 3 aromatic rings. The molecular weight excluding hydrogens is 328 g/mol. The lowest BCUT2D eigenvalue weighted by atomic mass is 10.1. The van der Waals surface area contributed by atoms with Crippen LogP contribution in [0.1, 0.15) is 0 Å². The van der Waals surface area contributed by atoms with Gasteiger partial charge in [-0.3, -0.25) is 4.79 Å². The molecule has 3 rings (SSSR count). The zero-order valence-electron chi connectivity index (χ0n) is 9.94. The highest BCUT2D eigenvalue weighted by Crippen LogP contribution is 2.35. The molecule has 0 fully saturated rings. The molecule has 0 spiro atoms. The molecule has 6 heteroatoms. The molecule has 0 aliphatic carbocycles. The molecule has 1 aromatic carbocycles. The van der Waals surface area contributed by atoms with Crippen LogP contribution in [0.5, 0.6) is 0 Å². The van der Waals surface area contributed by atoms with Gasteiger partial charge in [0.05, 0.1) is 5.56 Å². The van der Waals surface area contributed by atoms with E-state index in [0.717, 1.165) is 11.1 Å². The number of nitrogens with zero attached hydrogens (tertiary/aromatic N) is 1. The number of hydrogen-bond acceptors (Lipinski definition) is 4. The van der Waals surface area contributed by atoms with E-state index in [0.29, 0.717) is 20.9 Å². The molecule has 0 unspecified atom stereocenters. The summed E-state index contributed by atoms with van der Waals surface area (Å²) in [7, 11) is 0. The minimum Gasteiger partial charge on any atom is -0.430 e.